The molecule has 2 heterocycles. The van der Waals surface area contributed by atoms with Crippen molar-refractivity contribution in [2.75, 3.05) is 26.3 Å². The lowest BCUT2D eigenvalue weighted by molar-refractivity contribution is 0.0305. The number of hydrogen-bond donors (Lipinski definition) is 1. The smallest absolute Gasteiger partial charge is 0.122 e. The van der Waals surface area contributed by atoms with Crippen molar-refractivity contribution in [1.29, 1.82) is 0 Å². The largest absolute Gasteiger partial charge is 0.491 e. The van der Waals surface area contributed by atoms with Gasteiger partial charge in [0.2, 0.25) is 0 Å². The van der Waals surface area contributed by atoms with Crippen molar-refractivity contribution >= 4 is 0 Å². The summed E-state index contributed by atoms with van der Waals surface area (Å²) in [7, 11) is 2.05. The summed E-state index contributed by atoms with van der Waals surface area (Å²) in [6.45, 7) is 5.36. The summed E-state index contributed by atoms with van der Waals surface area (Å²) in [6.07, 6.45) is 3.99. The van der Waals surface area contributed by atoms with Gasteiger partial charge in [0, 0.05) is 45.2 Å². The molecule has 2 unspecified atom stereocenters. The number of nitrogens with zero attached hydrogens (tertiary/aromatic N) is 2. The van der Waals surface area contributed by atoms with Crippen molar-refractivity contribution in [3.8, 4) is 5.75 Å². The Balaban J connectivity index is 1.56. The van der Waals surface area contributed by atoms with Gasteiger partial charge in [-0.1, -0.05) is 18.2 Å². The van der Waals surface area contributed by atoms with Crippen molar-refractivity contribution in [2.24, 2.45) is 7.05 Å². The zero-order chi connectivity index (χ0) is 18.4. The van der Waals surface area contributed by atoms with Crippen LogP contribution in [0.25, 0.3) is 0 Å². The van der Waals surface area contributed by atoms with Crippen LogP contribution in [0.3, 0.4) is 0 Å². The Morgan fingerprint density at radius 3 is 2.85 bits per heavy atom. The van der Waals surface area contributed by atoms with Gasteiger partial charge >= 0.3 is 0 Å². The Hall–Kier alpha value is -1.82. The maximum atomic E-state index is 10.5. The lowest BCUT2D eigenvalue weighted by atomic mass is 10.2. The Labute approximate surface area is 156 Å². The fourth-order valence-corrected chi connectivity index (χ4v) is 3.42. The average molecular weight is 358 g/mol. The highest BCUT2D eigenvalue weighted by atomic mass is 16.5. The number of aliphatic hydroxyl groups excluding tert-OH is 1. The van der Waals surface area contributed by atoms with Gasteiger partial charge in [-0.05, 0) is 43.5 Å². The van der Waals surface area contributed by atoms with Crippen molar-refractivity contribution < 1.29 is 14.6 Å². The van der Waals surface area contributed by atoms with E-state index in [1.807, 2.05) is 31.2 Å². The highest BCUT2D eigenvalue weighted by molar-refractivity contribution is 5.31. The number of aliphatic hydroxyl groups is 1. The van der Waals surface area contributed by atoms with Crippen LogP contribution < -0.4 is 4.74 Å². The van der Waals surface area contributed by atoms with E-state index < -0.39 is 6.10 Å². The molecule has 26 heavy (non-hydrogen) atoms. The molecule has 1 fully saturated rings. The highest BCUT2D eigenvalue weighted by Crippen LogP contribution is 2.18. The Morgan fingerprint density at radius 2 is 2.15 bits per heavy atom. The molecule has 0 saturated carbocycles. The minimum atomic E-state index is -0.545. The zero-order valence-electron chi connectivity index (χ0n) is 15.8. The van der Waals surface area contributed by atoms with Gasteiger partial charge in [0.05, 0.1) is 6.10 Å². The number of ether oxygens (including phenoxy) is 2. The van der Waals surface area contributed by atoms with Crippen LogP contribution in [0, 0.1) is 6.92 Å². The fourth-order valence-electron chi connectivity index (χ4n) is 3.42. The van der Waals surface area contributed by atoms with E-state index in [1.54, 1.807) is 0 Å². The molecule has 0 amide bonds. The van der Waals surface area contributed by atoms with Gasteiger partial charge in [-0.2, -0.15) is 0 Å². The molecule has 1 saturated heterocycles. The Bertz CT molecular complexity index is 679. The van der Waals surface area contributed by atoms with E-state index in [0.717, 1.165) is 43.9 Å². The van der Waals surface area contributed by atoms with Gasteiger partial charge in [-0.15, -0.1) is 0 Å². The first-order valence-corrected chi connectivity index (χ1v) is 9.42. The molecule has 2 atom stereocenters. The summed E-state index contributed by atoms with van der Waals surface area (Å²) in [5, 5.41) is 10.5. The normalized spacial score (nSPS) is 18.4. The first-order valence-electron chi connectivity index (χ1n) is 9.42. The summed E-state index contributed by atoms with van der Waals surface area (Å²) >= 11 is 0. The summed E-state index contributed by atoms with van der Waals surface area (Å²) < 4.78 is 13.7. The second kappa shape index (κ2) is 9.21. The predicted molar refractivity (Wildman–Crippen MR) is 102 cm³/mol. The van der Waals surface area contributed by atoms with Gasteiger partial charge < -0.3 is 19.1 Å². The van der Waals surface area contributed by atoms with E-state index in [0.29, 0.717) is 13.2 Å². The zero-order valence-corrected chi connectivity index (χ0v) is 15.8. The predicted octanol–water partition coefficient (Wildman–Crippen LogP) is 2.75. The minimum Gasteiger partial charge on any atom is -0.491 e. The quantitative estimate of drug-likeness (QED) is 0.749. The van der Waals surface area contributed by atoms with Crippen LogP contribution in [-0.2, 0) is 18.3 Å². The number of rotatable bonds is 9. The number of benzene rings is 1. The molecule has 0 spiro atoms. The third-order valence-corrected chi connectivity index (χ3v) is 4.92. The number of aromatic nitrogens is 1. The van der Waals surface area contributed by atoms with E-state index in [4.69, 9.17) is 9.47 Å². The second-order valence-corrected chi connectivity index (χ2v) is 7.17. The van der Waals surface area contributed by atoms with E-state index in [9.17, 15) is 5.11 Å². The van der Waals surface area contributed by atoms with E-state index in [1.165, 1.54) is 5.69 Å². The summed E-state index contributed by atoms with van der Waals surface area (Å²) in [6, 6.07) is 12.1. The molecule has 1 aromatic carbocycles. The molecule has 0 radical (unpaired) electrons. The van der Waals surface area contributed by atoms with Gasteiger partial charge in [0.15, 0.2) is 0 Å². The third kappa shape index (κ3) is 5.34. The lowest BCUT2D eigenvalue weighted by Crippen LogP contribution is -2.39. The van der Waals surface area contributed by atoms with E-state index in [-0.39, 0.29) is 6.10 Å². The van der Waals surface area contributed by atoms with Crippen molar-refractivity contribution in [2.45, 2.75) is 38.5 Å². The monoisotopic (exact) mass is 358 g/mol. The maximum absolute atomic E-state index is 10.5. The van der Waals surface area contributed by atoms with Crippen LogP contribution in [0.1, 0.15) is 24.1 Å². The molecule has 1 aliphatic heterocycles. The summed E-state index contributed by atoms with van der Waals surface area (Å²) in [5.41, 5.74) is 2.31. The molecule has 5 heteroatoms. The third-order valence-electron chi connectivity index (χ3n) is 4.92. The van der Waals surface area contributed by atoms with Gasteiger partial charge in [0.1, 0.15) is 18.5 Å². The van der Waals surface area contributed by atoms with E-state index in [2.05, 4.69) is 34.8 Å². The molecule has 1 aliphatic rings. The van der Waals surface area contributed by atoms with Crippen molar-refractivity contribution in [3.05, 3.63) is 53.9 Å². The minimum absolute atomic E-state index is 0.264. The fraction of sp³-hybridized carbons (Fsp3) is 0.524. The van der Waals surface area contributed by atoms with Crippen LogP contribution in [0.5, 0.6) is 5.75 Å². The average Bonchev–Trinajstić information content (AvgIpc) is 3.26. The summed E-state index contributed by atoms with van der Waals surface area (Å²) in [5.74, 6) is 0.833. The number of aryl methyl sites for hydroxylation is 2. The van der Waals surface area contributed by atoms with Gasteiger partial charge in [0.25, 0.3) is 0 Å². The van der Waals surface area contributed by atoms with Gasteiger partial charge in [-0.3, -0.25) is 4.90 Å². The van der Waals surface area contributed by atoms with E-state index >= 15 is 0 Å². The first-order chi connectivity index (χ1) is 12.6. The summed E-state index contributed by atoms with van der Waals surface area (Å²) in [4.78, 5) is 2.27. The van der Waals surface area contributed by atoms with Crippen LogP contribution >= 0.6 is 0 Å². The SMILES string of the molecule is Cc1ccccc1OCC(O)CN(Cc1cccn1C)CC1CCCO1. The Morgan fingerprint density at radius 1 is 1.31 bits per heavy atom. The molecular formula is C21H30N2O3. The molecule has 142 valence electrons. The Kier molecular flexibility index (Phi) is 6.72. The van der Waals surface area contributed by atoms with Crippen molar-refractivity contribution in [1.82, 2.24) is 9.47 Å². The molecule has 1 aromatic heterocycles. The van der Waals surface area contributed by atoms with Crippen molar-refractivity contribution in [3.63, 3.8) is 0 Å². The topological polar surface area (TPSA) is 46.9 Å². The van der Waals surface area contributed by atoms with Crippen LogP contribution in [0.2, 0.25) is 0 Å². The highest BCUT2D eigenvalue weighted by Gasteiger charge is 2.22. The molecule has 1 N–H and O–H groups in total. The maximum Gasteiger partial charge on any atom is 0.122 e. The molecule has 2 aromatic rings. The van der Waals surface area contributed by atoms with Crippen LogP contribution in [0.15, 0.2) is 42.6 Å². The molecule has 3 rings (SSSR count). The first kappa shape index (κ1) is 19.0. The lowest BCUT2D eigenvalue weighted by Gasteiger charge is -2.27. The number of para-hydroxylation sites is 1. The van der Waals surface area contributed by atoms with Crippen LogP contribution in [-0.4, -0.2) is 53.1 Å². The molecular weight excluding hydrogens is 328 g/mol. The van der Waals surface area contributed by atoms with Gasteiger partial charge in [-0.25, -0.2) is 0 Å². The molecule has 0 aliphatic carbocycles. The van der Waals surface area contributed by atoms with Crippen LogP contribution in [0.4, 0.5) is 0 Å². The molecule has 0 bridgehead atoms. The number of hydrogen-bond acceptors (Lipinski definition) is 4. The molecule has 5 nitrogen and oxygen atoms in total. The standard InChI is InChI=1S/C21H30N2O3/c1-17-7-3-4-10-21(17)26-16-19(24)14-23(15-20-9-6-12-25-20)13-18-8-5-11-22(18)2/h3-5,7-8,10-11,19-20,24H,6,9,12-16H2,1-2H3. The second-order valence-electron chi connectivity index (χ2n) is 7.17.